The normalized spacial score (nSPS) is 25.7. The monoisotopic (exact) mass is 266 g/mol. The quantitative estimate of drug-likeness (QED) is 0.839. The van der Waals surface area contributed by atoms with Crippen molar-refractivity contribution in [2.24, 2.45) is 11.8 Å². The van der Waals surface area contributed by atoms with Gasteiger partial charge in [-0.25, -0.2) is 0 Å². The number of nitrogens with zero attached hydrogens (tertiary/aromatic N) is 1. The molecule has 0 aromatic heterocycles. The predicted octanol–water partition coefficient (Wildman–Crippen LogP) is 1.71. The SMILES string of the molecule is Cc1ccc(C(=O)N2C[C@H]3CNC[C@H]3C2)cc1.Cl. The Bertz CT molecular complexity index is 420. The summed E-state index contributed by atoms with van der Waals surface area (Å²) < 4.78 is 0. The van der Waals surface area contributed by atoms with E-state index in [1.807, 2.05) is 36.1 Å². The highest BCUT2D eigenvalue weighted by Gasteiger charge is 2.38. The number of carbonyl (C=O) groups is 1. The maximum atomic E-state index is 12.3. The van der Waals surface area contributed by atoms with Crippen molar-refractivity contribution in [1.82, 2.24) is 10.2 Å². The molecule has 0 radical (unpaired) electrons. The van der Waals surface area contributed by atoms with Gasteiger partial charge in [0.05, 0.1) is 0 Å². The van der Waals surface area contributed by atoms with Crippen molar-refractivity contribution < 1.29 is 4.79 Å². The third-order valence-electron chi connectivity index (χ3n) is 3.98. The lowest BCUT2D eigenvalue weighted by molar-refractivity contribution is 0.0781. The first-order valence-electron chi connectivity index (χ1n) is 6.30. The lowest BCUT2D eigenvalue weighted by atomic mass is 10.0. The molecule has 3 rings (SSSR count). The maximum Gasteiger partial charge on any atom is 0.253 e. The van der Waals surface area contributed by atoms with Crippen molar-refractivity contribution in [2.75, 3.05) is 26.2 Å². The van der Waals surface area contributed by atoms with E-state index >= 15 is 0 Å². The molecule has 0 unspecified atom stereocenters. The lowest BCUT2D eigenvalue weighted by Gasteiger charge is -2.17. The first-order chi connectivity index (χ1) is 8.24. The number of likely N-dealkylation sites (tertiary alicyclic amines) is 1. The van der Waals surface area contributed by atoms with Gasteiger partial charge in [-0.2, -0.15) is 0 Å². The average Bonchev–Trinajstić information content (AvgIpc) is 2.89. The molecule has 2 saturated heterocycles. The zero-order chi connectivity index (χ0) is 11.8. The summed E-state index contributed by atoms with van der Waals surface area (Å²) in [5, 5.41) is 3.39. The van der Waals surface area contributed by atoms with Gasteiger partial charge in [-0.3, -0.25) is 4.79 Å². The zero-order valence-electron chi connectivity index (χ0n) is 10.6. The van der Waals surface area contributed by atoms with Gasteiger partial charge in [-0.05, 0) is 30.9 Å². The number of hydrogen-bond acceptors (Lipinski definition) is 2. The molecule has 2 aliphatic heterocycles. The zero-order valence-corrected chi connectivity index (χ0v) is 11.4. The third kappa shape index (κ3) is 2.38. The highest BCUT2D eigenvalue weighted by atomic mass is 35.5. The van der Waals surface area contributed by atoms with E-state index in [1.165, 1.54) is 5.56 Å². The Morgan fingerprint density at radius 1 is 1.17 bits per heavy atom. The Balaban J connectivity index is 0.00000120. The smallest absolute Gasteiger partial charge is 0.253 e. The molecule has 18 heavy (non-hydrogen) atoms. The topological polar surface area (TPSA) is 32.3 Å². The highest BCUT2D eigenvalue weighted by molar-refractivity contribution is 5.94. The van der Waals surface area contributed by atoms with Crippen LogP contribution < -0.4 is 5.32 Å². The number of amides is 1. The van der Waals surface area contributed by atoms with E-state index in [0.717, 1.165) is 31.7 Å². The van der Waals surface area contributed by atoms with Crippen LogP contribution in [0.5, 0.6) is 0 Å². The number of rotatable bonds is 1. The van der Waals surface area contributed by atoms with E-state index in [0.29, 0.717) is 11.8 Å². The minimum absolute atomic E-state index is 0. The van der Waals surface area contributed by atoms with E-state index in [2.05, 4.69) is 5.32 Å². The van der Waals surface area contributed by atoms with Gasteiger partial charge in [-0.1, -0.05) is 17.7 Å². The Morgan fingerprint density at radius 3 is 2.28 bits per heavy atom. The van der Waals surface area contributed by atoms with Gasteiger partial charge in [0.15, 0.2) is 0 Å². The molecule has 4 heteroatoms. The number of nitrogens with one attached hydrogen (secondary N) is 1. The van der Waals surface area contributed by atoms with Crippen LogP contribution in [-0.2, 0) is 0 Å². The fourth-order valence-corrected chi connectivity index (χ4v) is 2.90. The van der Waals surface area contributed by atoms with Gasteiger partial charge in [0.2, 0.25) is 0 Å². The molecule has 2 heterocycles. The van der Waals surface area contributed by atoms with Crippen LogP contribution in [0.2, 0.25) is 0 Å². The summed E-state index contributed by atoms with van der Waals surface area (Å²) in [6.07, 6.45) is 0. The number of halogens is 1. The standard InChI is InChI=1S/C14H18N2O.ClH/c1-10-2-4-11(5-3-10)14(17)16-8-12-6-15-7-13(12)9-16;/h2-5,12-13,15H,6-9H2,1H3;1H/t12-,13+;. The second-order valence-electron chi connectivity index (χ2n) is 5.25. The first kappa shape index (κ1) is 13.4. The fraction of sp³-hybridized carbons (Fsp3) is 0.500. The summed E-state index contributed by atoms with van der Waals surface area (Å²) in [5.74, 6) is 1.54. The number of aryl methyl sites for hydroxylation is 1. The van der Waals surface area contributed by atoms with Gasteiger partial charge in [-0.15, -0.1) is 12.4 Å². The largest absolute Gasteiger partial charge is 0.338 e. The molecule has 1 amide bonds. The van der Waals surface area contributed by atoms with Crippen LogP contribution in [0.3, 0.4) is 0 Å². The van der Waals surface area contributed by atoms with Gasteiger partial charge in [0, 0.05) is 31.7 Å². The molecular weight excluding hydrogens is 248 g/mol. The Hall–Kier alpha value is -1.06. The van der Waals surface area contributed by atoms with Crippen molar-refractivity contribution in [3.63, 3.8) is 0 Å². The molecule has 0 spiro atoms. The minimum Gasteiger partial charge on any atom is -0.338 e. The summed E-state index contributed by atoms with van der Waals surface area (Å²) in [6, 6.07) is 7.88. The molecule has 0 aliphatic carbocycles. The molecule has 3 nitrogen and oxygen atoms in total. The Labute approximate surface area is 114 Å². The van der Waals surface area contributed by atoms with Gasteiger partial charge in [0.1, 0.15) is 0 Å². The second-order valence-corrected chi connectivity index (χ2v) is 5.25. The van der Waals surface area contributed by atoms with E-state index in [4.69, 9.17) is 0 Å². The molecule has 2 atom stereocenters. The van der Waals surface area contributed by atoms with Crippen LogP contribution in [0.4, 0.5) is 0 Å². The Kier molecular flexibility index (Phi) is 3.93. The summed E-state index contributed by atoms with van der Waals surface area (Å²) in [6.45, 7) is 6.03. The maximum absolute atomic E-state index is 12.3. The first-order valence-corrected chi connectivity index (χ1v) is 6.30. The number of benzene rings is 1. The summed E-state index contributed by atoms with van der Waals surface area (Å²) in [4.78, 5) is 14.3. The highest BCUT2D eigenvalue weighted by Crippen LogP contribution is 2.27. The molecule has 0 saturated carbocycles. The average molecular weight is 267 g/mol. The van der Waals surface area contributed by atoms with Gasteiger partial charge >= 0.3 is 0 Å². The van der Waals surface area contributed by atoms with Crippen molar-refractivity contribution in [1.29, 1.82) is 0 Å². The predicted molar refractivity (Wildman–Crippen MR) is 74.2 cm³/mol. The Morgan fingerprint density at radius 2 is 1.72 bits per heavy atom. The van der Waals surface area contributed by atoms with E-state index in [1.54, 1.807) is 0 Å². The fourth-order valence-electron chi connectivity index (χ4n) is 2.90. The van der Waals surface area contributed by atoms with Crippen LogP contribution in [0.25, 0.3) is 0 Å². The van der Waals surface area contributed by atoms with Gasteiger partial charge in [0.25, 0.3) is 5.91 Å². The van der Waals surface area contributed by atoms with E-state index in [-0.39, 0.29) is 18.3 Å². The minimum atomic E-state index is 0. The summed E-state index contributed by atoms with van der Waals surface area (Å²) in [5.41, 5.74) is 2.02. The molecule has 98 valence electrons. The molecule has 1 aromatic carbocycles. The second kappa shape index (κ2) is 5.29. The van der Waals surface area contributed by atoms with Crippen molar-refractivity contribution >= 4 is 18.3 Å². The van der Waals surface area contributed by atoms with Crippen LogP contribution in [0.15, 0.2) is 24.3 Å². The molecule has 1 N–H and O–H groups in total. The van der Waals surface area contributed by atoms with Crippen LogP contribution in [0.1, 0.15) is 15.9 Å². The number of carbonyl (C=O) groups excluding carboxylic acids is 1. The summed E-state index contributed by atoms with van der Waals surface area (Å²) in [7, 11) is 0. The molecule has 1 aromatic rings. The molecular formula is C14H19ClN2O. The third-order valence-corrected chi connectivity index (χ3v) is 3.98. The number of hydrogen-bond donors (Lipinski definition) is 1. The van der Waals surface area contributed by atoms with Crippen molar-refractivity contribution in [3.05, 3.63) is 35.4 Å². The van der Waals surface area contributed by atoms with Crippen LogP contribution in [-0.4, -0.2) is 37.0 Å². The van der Waals surface area contributed by atoms with Crippen molar-refractivity contribution in [3.8, 4) is 0 Å². The lowest BCUT2D eigenvalue weighted by Crippen LogP contribution is -2.31. The van der Waals surface area contributed by atoms with Crippen LogP contribution in [0, 0.1) is 18.8 Å². The van der Waals surface area contributed by atoms with Crippen LogP contribution >= 0.6 is 12.4 Å². The van der Waals surface area contributed by atoms with Gasteiger partial charge < -0.3 is 10.2 Å². The number of fused-ring (bicyclic) bond motifs is 1. The molecule has 0 bridgehead atoms. The van der Waals surface area contributed by atoms with E-state index < -0.39 is 0 Å². The van der Waals surface area contributed by atoms with Crippen molar-refractivity contribution in [2.45, 2.75) is 6.92 Å². The van der Waals surface area contributed by atoms with E-state index in [9.17, 15) is 4.79 Å². The molecule has 2 aliphatic rings. The molecule has 2 fully saturated rings. The summed E-state index contributed by atoms with van der Waals surface area (Å²) >= 11 is 0.